The van der Waals surface area contributed by atoms with Crippen molar-refractivity contribution in [1.82, 2.24) is 0 Å². The number of hydrogen-bond donors (Lipinski definition) is 0. The van der Waals surface area contributed by atoms with Crippen LogP contribution in [0.15, 0.2) is 12.2 Å². The van der Waals surface area contributed by atoms with Gasteiger partial charge in [-0.25, -0.2) is 8.42 Å². The van der Waals surface area contributed by atoms with Crippen LogP contribution < -0.4 is 29.6 Å². The molecule has 0 amide bonds. The Morgan fingerprint density at radius 2 is 0.778 bits per heavy atom. The van der Waals surface area contributed by atoms with Gasteiger partial charge in [-0.2, -0.15) is 0 Å². The molecular weight excluding hydrogens is 587 g/mol. The molecule has 0 aromatic carbocycles. The van der Waals surface area contributed by atoms with Gasteiger partial charge in [0.2, 0.25) is 10.4 Å². The zero-order chi connectivity index (χ0) is 32.2. The zero-order valence-corrected chi connectivity index (χ0v) is 33.6. The normalized spacial score (nSPS) is 12.6. The molecule has 0 spiro atoms. The summed E-state index contributed by atoms with van der Waals surface area (Å²) in [4.78, 5) is 0. The van der Waals surface area contributed by atoms with Gasteiger partial charge in [0.1, 0.15) is 0 Å². The summed E-state index contributed by atoms with van der Waals surface area (Å²) in [7, 11) is -4.63. The first-order valence-corrected chi connectivity index (χ1v) is 21.1. The predicted molar refractivity (Wildman–Crippen MR) is 192 cm³/mol. The van der Waals surface area contributed by atoms with Crippen molar-refractivity contribution in [3.63, 3.8) is 0 Å². The first kappa shape index (κ1) is 47.7. The molecule has 0 aliphatic heterocycles. The van der Waals surface area contributed by atoms with E-state index in [1.165, 1.54) is 193 Å². The topological polar surface area (TPSA) is 66.4 Å². The van der Waals surface area contributed by atoms with Crippen molar-refractivity contribution in [3.8, 4) is 0 Å². The van der Waals surface area contributed by atoms with E-state index in [0.29, 0.717) is 0 Å². The molecule has 0 rings (SSSR count). The molecule has 4 nitrogen and oxygen atoms in total. The molecule has 0 aromatic rings. The zero-order valence-electron chi connectivity index (χ0n) is 30.8. The van der Waals surface area contributed by atoms with Gasteiger partial charge >= 0.3 is 29.6 Å². The van der Waals surface area contributed by atoms with E-state index in [0.717, 1.165) is 19.3 Å². The van der Waals surface area contributed by atoms with E-state index < -0.39 is 10.4 Å². The van der Waals surface area contributed by atoms with Crippen LogP contribution >= 0.6 is 0 Å². The van der Waals surface area contributed by atoms with Gasteiger partial charge in [0, 0.05) is 5.92 Å². The van der Waals surface area contributed by atoms with Crippen LogP contribution in [0.1, 0.15) is 226 Å². The molecule has 264 valence electrons. The van der Waals surface area contributed by atoms with Gasteiger partial charge in [-0.1, -0.05) is 219 Å². The molecule has 0 aromatic heterocycles. The molecule has 1 atom stereocenters. The van der Waals surface area contributed by atoms with Crippen molar-refractivity contribution < 1.29 is 46.7 Å². The van der Waals surface area contributed by atoms with E-state index in [1.54, 1.807) is 0 Å². The maximum Gasteiger partial charge on any atom is 1.00 e. The summed E-state index contributed by atoms with van der Waals surface area (Å²) in [6, 6.07) is 0. The van der Waals surface area contributed by atoms with Crippen molar-refractivity contribution >= 4 is 10.4 Å². The maximum atomic E-state index is 11.0. The average molecular weight is 665 g/mol. The van der Waals surface area contributed by atoms with Gasteiger partial charge in [0.05, 0.1) is 6.61 Å². The second-order valence-corrected chi connectivity index (χ2v) is 14.8. The average Bonchev–Trinajstić information content (AvgIpc) is 3.00. The minimum atomic E-state index is -4.63. The Hall–Kier alpha value is 0.610. The predicted octanol–water partition coefficient (Wildman–Crippen LogP) is 10.6. The van der Waals surface area contributed by atoms with Gasteiger partial charge in [-0.3, -0.25) is 4.18 Å². The fourth-order valence-corrected chi connectivity index (χ4v) is 6.62. The Balaban J connectivity index is 0. The van der Waals surface area contributed by atoms with E-state index in [4.69, 9.17) is 0 Å². The number of hydrogen-bond acceptors (Lipinski definition) is 4. The first-order valence-electron chi connectivity index (χ1n) is 19.8. The Morgan fingerprint density at radius 1 is 0.489 bits per heavy atom. The summed E-state index contributed by atoms with van der Waals surface area (Å²) in [6.07, 6.45) is 48.2. The number of unbranched alkanes of at least 4 members (excludes halogenated alkanes) is 30. The SMILES string of the molecule is CCCCCCCCCCCCCCCCCCC/C=C/C(CCCCCCCCCCCCCCCC)COS(=O)(=O)[O-].[Na+]. The summed E-state index contributed by atoms with van der Waals surface area (Å²) in [6.45, 7) is 4.54. The smallest absolute Gasteiger partial charge is 0.726 e. The summed E-state index contributed by atoms with van der Waals surface area (Å²) in [5, 5.41) is 0. The number of allylic oxidation sites excluding steroid dienone is 1. The maximum absolute atomic E-state index is 11.0. The van der Waals surface area contributed by atoms with Crippen molar-refractivity contribution in [2.24, 2.45) is 5.92 Å². The van der Waals surface area contributed by atoms with Gasteiger partial charge in [0.25, 0.3) is 0 Å². The van der Waals surface area contributed by atoms with Crippen LogP contribution in [0.4, 0.5) is 0 Å². The van der Waals surface area contributed by atoms with Gasteiger partial charge in [-0.05, 0) is 19.3 Å². The largest absolute Gasteiger partial charge is 1.00 e. The van der Waals surface area contributed by atoms with Crippen molar-refractivity contribution in [2.75, 3.05) is 6.61 Å². The van der Waals surface area contributed by atoms with E-state index in [9.17, 15) is 13.0 Å². The Morgan fingerprint density at radius 3 is 1.09 bits per heavy atom. The molecule has 0 radical (unpaired) electrons. The molecule has 0 aliphatic rings. The van der Waals surface area contributed by atoms with Crippen LogP contribution in [-0.4, -0.2) is 19.6 Å². The molecule has 0 N–H and O–H groups in total. The monoisotopic (exact) mass is 665 g/mol. The van der Waals surface area contributed by atoms with E-state index >= 15 is 0 Å². The minimum Gasteiger partial charge on any atom is -0.726 e. The first-order chi connectivity index (χ1) is 21.5. The van der Waals surface area contributed by atoms with Crippen LogP contribution in [0.2, 0.25) is 0 Å². The Kier molecular flexibility index (Phi) is 41.4. The molecule has 0 bridgehead atoms. The van der Waals surface area contributed by atoms with Crippen LogP contribution in [0.3, 0.4) is 0 Å². The van der Waals surface area contributed by atoms with Crippen molar-refractivity contribution in [2.45, 2.75) is 226 Å². The van der Waals surface area contributed by atoms with Crippen LogP contribution in [-0.2, 0) is 14.6 Å². The third kappa shape index (κ3) is 42.6. The van der Waals surface area contributed by atoms with E-state index in [-0.39, 0.29) is 42.1 Å². The van der Waals surface area contributed by atoms with Gasteiger partial charge in [-0.15, -0.1) is 0 Å². The molecule has 0 heterocycles. The third-order valence-corrected chi connectivity index (χ3v) is 9.66. The molecule has 0 saturated carbocycles. The van der Waals surface area contributed by atoms with Crippen LogP contribution in [0.25, 0.3) is 0 Å². The molecule has 45 heavy (non-hydrogen) atoms. The number of rotatable bonds is 37. The van der Waals surface area contributed by atoms with Crippen molar-refractivity contribution in [1.29, 1.82) is 0 Å². The minimum absolute atomic E-state index is 0. The summed E-state index contributed by atoms with van der Waals surface area (Å²) >= 11 is 0. The third-order valence-electron chi connectivity index (χ3n) is 9.24. The Bertz CT molecular complexity index is 683. The Labute approximate surface area is 305 Å². The molecule has 6 heteroatoms. The second kappa shape index (κ2) is 39.1. The van der Waals surface area contributed by atoms with E-state index in [1.807, 2.05) is 0 Å². The molecule has 0 aliphatic carbocycles. The van der Waals surface area contributed by atoms with E-state index in [2.05, 4.69) is 30.2 Å². The van der Waals surface area contributed by atoms with Gasteiger partial charge in [0.15, 0.2) is 0 Å². The summed E-state index contributed by atoms with van der Waals surface area (Å²) in [5.74, 6) is 0.0156. The van der Waals surface area contributed by atoms with Crippen molar-refractivity contribution in [3.05, 3.63) is 12.2 Å². The summed E-state index contributed by atoms with van der Waals surface area (Å²) in [5.41, 5.74) is 0. The quantitative estimate of drug-likeness (QED) is 0.0218. The molecule has 0 fully saturated rings. The standard InChI is InChI=1S/C39H78O4S.Na/c1-3-5-7-9-11-13-15-17-19-20-21-22-23-25-27-29-31-33-35-37-39(38-43-44(40,41)42)36-34-32-30-28-26-24-18-16-14-12-10-8-6-4-2;/h35,37,39H,3-34,36,38H2,1-2H3,(H,40,41,42);/q;+1/p-1/b37-35+;. The molecule has 0 saturated heterocycles. The summed E-state index contributed by atoms with van der Waals surface area (Å²) < 4.78 is 37.6. The second-order valence-electron chi connectivity index (χ2n) is 13.7. The van der Waals surface area contributed by atoms with Crippen LogP contribution in [0, 0.1) is 5.92 Å². The fraction of sp³-hybridized carbons (Fsp3) is 0.949. The van der Waals surface area contributed by atoms with Gasteiger partial charge < -0.3 is 4.55 Å². The fourth-order valence-electron chi connectivity index (χ4n) is 6.28. The molecule has 1 unspecified atom stereocenters. The molecular formula is C39H77NaO4S. The van der Waals surface area contributed by atoms with Crippen LogP contribution in [0.5, 0.6) is 0 Å².